The first-order chi connectivity index (χ1) is 11.7. The second-order valence-corrected chi connectivity index (χ2v) is 4.68. The van der Waals surface area contributed by atoms with E-state index < -0.39 is 0 Å². The lowest BCUT2D eigenvalue weighted by Crippen LogP contribution is -2.15. The van der Waals surface area contributed by atoms with Crippen LogP contribution in [-0.2, 0) is 28.5 Å². The van der Waals surface area contributed by atoms with Crippen LogP contribution >= 0.6 is 0 Å². The molecule has 0 fully saturated rings. The molecule has 0 radical (unpaired) electrons. The molecule has 1 rings (SSSR count). The Morgan fingerprint density at radius 2 is 1.17 bits per heavy atom. The number of rotatable bonds is 13. The van der Waals surface area contributed by atoms with E-state index in [9.17, 15) is 9.59 Å². The predicted octanol–water partition coefficient (Wildman–Crippen LogP) is 1.46. The van der Waals surface area contributed by atoms with E-state index in [1.165, 1.54) is 6.92 Å². The average Bonchev–Trinajstić information content (AvgIpc) is 2.59. The van der Waals surface area contributed by atoms with Crippen LogP contribution in [0.4, 0.5) is 0 Å². The van der Waals surface area contributed by atoms with Crippen LogP contribution in [0.1, 0.15) is 17.3 Å². The average molecular weight is 340 g/mol. The summed E-state index contributed by atoms with van der Waals surface area (Å²) in [5, 5.41) is 0. The number of esters is 2. The van der Waals surface area contributed by atoms with Gasteiger partial charge in [-0.3, -0.25) is 4.79 Å². The number of hydrogen-bond donors (Lipinski definition) is 0. The van der Waals surface area contributed by atoms with Crippen molar-refractivity contribution in [1.82, 2.24) is 0 Å². The van der Waals surface area contributed by atoms with Crippen LogP contribution in [0, 0.1) is 0 Å². The standard InChI is InChI=1S/C17H24O7/c1-15(18)23-13-11-21-9-7-20-8-10-22-12-14-24-17(19)16-5-3-2-4-6-16/h2-6H,7-14H2,1H3. The Hall–Kier alpha value is -1.96. The van der Waals surface area contributed by atoms with E-state index >= 15 is 0 Å². The van der Waals surface area contributed by atoms with E-state index in [1.807, 2.05) is 6.07 Å². The van der Waals surface area contributed by atoms with E-state index in [0.717, 1.165) is 0 Å². The molecule has 24 heavy (non-hydrogen) atoms. The molecule has 0 aliphatic heterocycles. The molecule has 7 heteroatoms. The fourth-order valence-electron chi connectivity index (χ4n) is 1.64. The van der Waals surface area contributed by atoms with Gasteiger partial charge in [-0.05, 0) is 12.1 Å². The zero-order chi connectivity index (χ0) is 17.5. The minimum absolute atomic E-state index is 0.201. The SMILES string of the molecule is CC(=O)OCCOCCOCCOCCOC(=O)c1ccccc1. The largest absolute Gasteiger partial charge is 0.463 e. The molecule has 0 aliphatic rings. The number of ether oxygens (including phenoxy) is 5. The van der Waals surface area contributed by atoms with Gasteiger partial charge < -0.3 is 23.7 Å². The third-order valence-corrected chi connectivity index (χ3v) is 2.75. The molecule has 0 aromatic heterocycles. The summed E-state index contributed by atoms with van der Waals surface area (Å²) in [4.78, 5) is 22.1. The monoisotopic (exact) mass is 340 g/mol. The van der Waals surface area contributed by atoms with E-state index in [2.05, 4.69) is 0 Å². The number of carbonyl (C=O) groups is 2. The quantitative estimate of drug-likeness (QED) is 0.397. The molecule has 0 aliphatic carbocycles. The van der Waals surface area contributed by atoms with Gasteiger partial charge in [0.05, 0.1) is 45.2 Å². The van der Waals surface area contributed by atoms with E-state index in [-0.39, 0.29) is 25.2 Å². The molecule has 134 valence electrons. The third-order valence-electron chi connectivity index (χ3n) is 2.75. The van der Waals surface area contributed by atoms with Gasteiger partial charge in [-0.2, -0.15) is 0 Å². The van der Waals surface area contributed by atoms with Crippen LogP contribution in [0.2, 0.25) is 0 Å². The Balaban J connectivity index is 1.82. The van der Waals surface area contributed by atoms with Crippen molar-refractivity contribution in [3.05, 3.63) is 35.9 Å². The van der Waals surface area contributed by atoms with Crippen LogP contribution in [-0.4, -0.2) is 64.8 Å². The van der Waals surface area contributed by atoms with Crippen LogP contribution in [0.5, 0.6) is 0 Å². The molecule has 0 saturated carbocycles. The molecule has 0 bridgehead atoms. The lowest BCUT2D eigenvalue weighted by molar-refractivity contribution is -0.142. The Bertz CT molecular complexity index is 461. The second kappa shape index (κ2) is 13.5. The van der Waals surface area contributed by atoms with Crippen molar-refractivity contribution in [3.63, 3.8) is 0 Å². The maximum atomic E-state index is 11.6. The summed E-state index contributed by atoms with van der Waals surface area (Å²) in [5.41, 5.74) is 0.523. The zero-order valence-corrected chi connectivity index (χ0v) is 13.9. The van der Waals surface area contributed by atoms with Gasteiger partial charge in [-0.25, -0.2) is 4.79 Å². The first kappa shape index (κ1) is 20.1. The lowest BCUT2D eigenvalue weighted by Gasteiger charge is -2.07. The zero-order valence-electron chi connectivity index (χ0n) is 13.9. The normalized spacial score (nSPS) is 10.4. The van der Waals surface area contributed by atoms with Gasteiger partial charge in [0, 0.05) is 6.92 Å². The lowest BCUT2D eigenvalue weighted by atomic mass is 10.2. The first-order valence-electron chi connectivity index (χ1n) is 7.79. The Morgan fingerprint density at radius 3 is 1.67 bits per heavy atom. The summed E-state index contributed by atoms with van der Waals surface area (Å²) in [6.07, 6.45) is 0. The summed E-state index contributed by atoms with van der Waals surface area (Å²) in [5.74, 6) is -0.678. The summed E-state index contributed by atoms with van der Waals surface area (Å²) >= 11 is 0. The van der Waals surface area contributed by atoms with Gasteiger partial charge in [-0.15, -0.1) is 0 Å². The minimum Gasteiger partial charge on any atom is -0.463 e. The van der Waals surface area contributed by atoms with Crippen LogP contribution in [0.25, 0.3) is 0 Å². The summed E-state index contributed by atoms with van der Waals surface area (Å²) in [6.45, 7) is 4.19. The van der Waals surface area contributed by atoms with Crippen molar-refractivity contribution in [2.75, 3.05) is 52.9 Å². The van der Waals surface area contributed by atoms with Crippen molar-refractivity contribution >= 4 is 11.9 Å². The summed E-state index contributed by atoms with van der Waals surface area (Å²) < 4.78 is 25.6. The van der Waals surface area contributed by atoms with Gasteiger partial charge in [-0.1, -0.05) is 18.2 Å². The van der Waals surface area contributed by atoms with E-state index in [1.54, 1.807) is 24.3 Å². The molecule has 0 atom stereocenters. The molecule has 0 spiro atoms. The highest BCUT2D eigenvalue weighted by atomic mass is 16.6. The maximum Gasteiger partial charge on any atom is 0.338 e. The predicted molar refractivity (Wildman–Crippen MR) is 85.8 cm³/mol. The van der Waals surface area contributed by atoms with Gasteiger partial charge in [0.2, 0.25) is 0 Å². The van der Waals surface area contributed by atoms with Crippen molar-refractivity contribution in [2.45, 2.75) is 6.92 Å². The Morgan fingerprint density at radius 1 is 0.708 bits per heavy atom. The van der Waals surface area contributed by atoms with Gasteiger partial charge in [0.25, 0.3) is 0 Å². The third kappa shape index (κ3) is 10.7. The second-order valence-electron chi connectivity index (χ2n) is 4.68. The van der Waals surface area contributed by atoms with Gasteiger partial charge in [0.15, 0.2) is 0 Å². The summed E-state index contributed by atoms with van der Waals surface area (Å²) in [7, 11) is 0. The first-order valence-corrected chi connectivity index (χ1v) is 7.79. The smallest absolute Gasteiger partial charge is 0.338 e. The van der Waals surface area contributed by atoms with Crippen molar-refractivity contribution in [3.8, 4) is 0 Å². The van der Waals surface area contributed by atoms with Gasteiger partial charge in [0.1, 0.15) is 13.2 Å². The van der Waals surface area contributed by atoms with Crippen molar-refractivity contribution in [1.29, 1.82) is 0 Å². The molecule has 7 nitrogen and oxygen atoms in total. The molecule has 0 unspecified atom stereocenters. The molecule has 1 aromatic carbocycles. The van der Waals surface area contributed by atoms with Crippen LogP contribution in [0.3, 0.4) is 0 Å². The topological polar surface area (TPSA) is 80.3 Å². The molecule has 0 heterocycles. The molecule has 1 aromatic rings. The fourth-order valence-corrected chi connectivity index (χ4v) is 1.64. The highest BCUT2D eigenvalue weighted by Crippen LogP contribution is 2.00. The Labute approximate surface area is 141 Å². The maximum absolute atomic E-state index is 11.6. The van der Waals surface area contributed by atoms with Crippen LogP contribution in [0.15, 0.2) is 30.3 Å². The molecule has 0 saturated heterocycles. The highest BCUT2D eigenvalue weighted by Gasteiger charge is 2.04. The highest BCUT2D eigenvalue weighted by molar-refractivity contribution is 5.89. The number of benzene rings is 1. The minimum atomic E-state index is -0.360. The molecular formula is C17H24O7. The number of hydrogen-bond acceptors (Lipinski definition) is 7. The fraction of sp³-hybridized carbons (Fsp3) is 0.529. The van der Waals surface area contributed by atoms with Crippen LogP contribution < -0.4 is 0 Å². The van der Waals surface area contributed by atoms with Crippen molar-refractivity contribution < 1.29 is 33.3 Å². The molecular weight excluding hydrogens is 316 g/mol. The van der Waals surface area contributed by atoms with Crippen molar-refractivity contribution in [2.24, 2.45) is 0 Å². The summed E-state index contributed by atoms with van der Waals surface area (Å²) in [6, 6.07) is 8.80. The Kier molecular flexibility index (Phi) is 11.3. The molecule has 0 amide bonds. The van der Waals surface area contributed by atoms with E-state index in [0.29, 0.717) is 45.2 Å². The van der Waals surface area contributed by atoms with Gasteiger partial charge >= 0.3 is 11.9 Å². The molecule has 0 N–H and O–H groups in total. The van der Waals surface area contributed by atoms with E-state index in [4.69, 9.17) is 23.7 Å². The number of carbonyl (C=O) groups excluding carboxylic acids is 2.